The lowest BCUT2D eigenvalue weighted by Gasteiger charge is -2.28. The fourth-order valence-electron chi connectivity index (χ4n) is 2.60. The second-order valence-electron chi connectivity index (χ2n) is 5.69. The van der Waals surface area contributed by atoms with Crippen molar-refractivity contribution in [1.82, 2.24) is 9.62 Å². The van der Waals surface area contributed by atoms with Crippen LogP contribution in [0.3, 0.4) is 0 Å². The molecule has 1 aromatic carbocycles. The first-order valence-corrected chi connectivity index (χ1v) is 8.79. The van der Waals surface area contributed by atoms with Crippen molar-refractivity contribution in [1.29, 1.82) is 0 Å². The minimum absolute atomic E-state index is 0.0647. The first-order chi connectivity index (χ1) is 10.4. The Bertz CT molecular complexity index is 625. The van der Waals surface area contributed by atoms with Crippen LogP contribution in [0.1, 0.15) is 19.3 Å². The summed E-state index contributed by atoms with van der Waals surface area (Å²) in [5.74, 6) is 0.531. The molecule has 0 saturated carbocycles. The van der Waals surface area contributed by atoms with Gasteiger partial charge >= 0.3 is 0 Å². The SMILES string of the molecule is CN1CCC(CCNS(=O)(=O)c2cccc([N+](=O)[O-])c2)CC1. The molecule has 8 heteroatoms. The molecule has 1 aliphatic rings. The van der Waals surface area contributed by atoms with Crippen LogP contribution in [0.15, 0.2) is 29.2 Å². The van der Waals surface area contributed by atoms with E-state index in [-0.39, 0.29) is 10.6 Å². The number of non-ortho nitro benzene ring substituents is 1. The summed E-state index contributed by atoms with van der Waals surface area (Å²) in [5, 5.41) is 10.7. The lowest BCUT2D eigenvalue weighted by molar-refractivity contribution is -0.385. The molecule has 1 saturated heterocycles. The zero-order valence-corrected chi connectivity index (χ0v) is 13.4. The van der Waals surface area contributed by atoms with Crippen molar-refractivity contribution in [2.45, 2.75) is 24.2 Å². The fourth-order valence-corrected chi connectivity index (χ4v) is 3.68. The highest BCUT2D eigenvalue weighted by Crippen LogP contribution is 2.20. The number of hydrogen-bond acceptors (Lipinski definition) is 5. The summed E-state index contributed by atoms with van der Waals surface area (Å²) in [4.78, 5) is 12.3. The van der Waals surface area contributed by atoms with Gasteiger partial charge in [-0.3, -0.25) is 10.1 Å². The van der Waals surface area contributed by atoms with E-state index in [2.05, 4.69) is 16.7 Å². The summed E-state index contributed by atoms with van der Waals surface area (Å²) in [6.45, 7) is 2.45. The van der Waals surface area contributed by atoms with Crippen molar-refractivity contribution in [3.63, 3.8) is 0 Å². The molecule has 1 aromatic rings. The number of nitrogens with one attached hydrogen (secondary N) is 1. The standard InChI is InChI=1S/C14H21N3O4S/c1-16-9-6-12(7-10-16)5-8-15-22(20,21)14-4-2-3-13(11-14)17(18)19/h2-4,11-12,15H,5-10H2,1H3. The molecule has 0 amide bonds. The Morgan fingerprint density at radius 2 is 2.05 bits per heavy atom. The summed E-state index contributed by atoms with van der Waals surface area (Å²) < 4.78 is 26.9. The van der Waals surface area contributed by atoms with Crippen molar-refractivity contribution in [2.24, 2.45) is 5.92 Å². The Morgan fingerprint density at radius 3 is 2.68 bits per heavy atom. The zero-order chi connectivity index (χ0) is 16.2. The molecular weight excluding hydrogens is 306 g/mol. The third-order valence-electron chi connectivity index (χ3n) is 4.02. The van der Waals surface area contributed by atoms with E-state index in [1.807, 2.05) is 0 Å². The molecule has 22 heavy (non-hydrogen) atoms. The van der Waals surface area contributed by atoms with Gasteiger partial charge in [0.15, 0.2) is 0 Å². The highest BCUT2D eigenvalue weighted by Gasteiger charge is 2.20. The molecule has 0 radical (unpaired) electrons. The smallest absolute Gasteiger partial charge is 0.270 e. The van der Waals surface area contributed by atoms with Crippen LogP contribution in [0.5, 0.6) is 0 Å². The topological polar surface area (TPSA) is 92.6 Å². The first kappa shape index (κ1) is 16.9. The van der Waals surface area contributed by atoms with E-state index in [1.54, 1.807) is 0 Å². The Kier molecular flexibility index (Phi) is 5.49. The van der Waals surface area contributed by atoms with Crippen LogP contribution in [0, 0.1) is 16.0 Å². The molecule has 0 atom stereocenters. The van der Waals surface area contributed by atoms with Crippen LogP contribution in [-0.4, -0.2) is 44.9 Å². The Hall–Kier alpha value is -1.51. The van der Waals surface area contributed by atoms with Gasteiger partial charge in [-0.2, -0.15) is 0 Å². The molecule has 1 aliphatic heterocycles. The minimum atomic E-state index is -3.69. The number of nitro benzene ring substituents is 1. The second kappa shape index (κ2) is 7.17. The molecule has 0 aliphatic carbocycles. The number of piperidine rings is 1. The molecule has 0 spiro atoms. The van der Waals surface area contributed by atoms with Crippen LogP contribution < -0.4 is 4.72 Å². The Morgan fingerprint density at radius 1 is 1.36 bits per heavy atom. The molecule has 1 N–H and O–H groups in total. The summed E-state index contributed by atoms with van der Waals surface area (Å²) in [5.41, 5.74) is -0.224. The van der Waals surface area contributed by atoms with Gasteiger partial charge in [0.2, 0.25) is 10.0 Å². The maximum Gasteiger partial charge on any atom is 0.270 e. The number of hydrogen-bond donors (Lipinski definition) is 1. The number of sulfonamides is 1. The van der Waals surface area contributed by atoms with Gasteiger partial charge in [-0.15, -0.1) is 0 Å². The number of nitrogens with zero attached hydrogens (tertiary/aromatic N) is 2. The second-order valence-corrected chi connectivity index (χ2v) is 7.45. The third-order valence-corrected chi connectivity index (χ3v) is 5.48. The average molecular weight is 327 g/mol. The van der Waals surface area contributed by atoms with E-state index >= 15 is 0 Å². The summed E-state index contributed by atoms with van der Waals surface area (Å²) in [7, 11) is -1.61. The average Bonchev–Trinajstić information content (AvgIpc) is 2.49. The van der Waals surface area contributed by atoms with Crippen molar-refractivity contribution >= 4 is 15.7 Å². The Labute approximate surface area is 130 Å². The molecule has 0 bridgehead atoms. The first-order valence-electron chi connectivity index (χ1n) is 7.31. The largest absolute Gasteiger partial charge is 0.306 e. The van der Waals surface area contributed by atoms with Gasteiger partial charge in [-0.1, -0.05) is 6.07 Å². The maximum atomic E-state index is 12.2. The third kappa shape index (κ3) is 4.49. The zero-order valence-electron chi connectivity index (χ0n) is 12.6. The quantitative estimate of drug-likeness (QED) is 0.633. The minimum Gasteiger partial charge on any atom is -0.306 e. The predicted molar refractivity (Wildman–Crippen MR) is 83.1 cm³/mol. The van der Waals surface area contributed by atoms with Crippen LogP contribution in [0.4, 0.5) is 5.69 Å². The van der Waals surface area contributed by atoms with Gasteiger partial charge in [0.1, 0.15) is 0 Å². The van der Waals surface area contributed by atoms with E-state index in [1.165, 1.54) is 18.2 Å². The highest BCUT2D eigenvalue weighted by atomic mass is 32.2. The maximum absolute atomic E-state index is 12.2. The van der Waals surface area contributed by atoms with Crippen molar-refractivity contribution in [2.75, 3.05) is 26.7 Å². The molecule has 122 valence electrons. The molecule has 7 nitrogen and oxygen atoms in total. The monoisotopic (exact) mass is 327 g/mol. The fraction of sp³-hybridized carbons (Fsp3) is 0.571. The molecule has 2 rings (SSSR count). The number of rotatable bonds is 6. The molecule has 1 fully saturated rings. The van der Waals surface area contributed by atoms with E-state index in [0.717, 1.165) is 38.4 Å². The van der Waals surface area contributed by atoms with Crippen molar-refractivity contribution < 1.29 is 13.3 Å². The van der Waals surface area contributed by atoms with E-state index in [4.69, 9.17) is 0 Å². The molecule has 1 heterocycles. The van der Waals surface area contributed by atoms with Crippen LogP contribution in [0.25, 0.3) is 0 Å². The predicted octanol–water partition coefficient (Wildman–Crippen LogP) is 1.60. The van der Waals surface area contributed by atoms with E-state index in [9.17, 15) is 18.5 Å². The molecule has 0 aromatic heterocycles. The Balaban J connectivity index is 1.91. The van der Waals surface area contributed by atoms with E-state index < -0.39 is 14.9 Å². The van der Waals surface area contributed by atoms with Gasteiger partial charge in [0, 0.05) is 18.7 Å². The molecule has 0 unspecified atom stereocenters. The lowest BCUT2D eigenvalue weighted by Crippen LogP contribution is -2.32. The lowest BCUT2D eigenvalue weighted by atomic mass is 9.94. The highest BCUT2D eigenvalue weighted by molar-refractivity contribution is 7.89. The van der Waals surface area contributed by atoms with Crippen molar-refractivity contribution in [3.8, 4) is 0 Å². The van der Waals surface area contributed by atoms with Crippen LogP contribution in [0.2, 0.25) is 0 Å². The van der Waals surface area contributed by atoms with Crippen LogP contribution >= 0.6 is 0 Å². The summed E-state index contributed by atoms with van der Waals surface area (Å²) >= 11 is 0. The number of nitro groups is 1. The van der Waals surface area contributed by atoms with Gasteiger partial charge in [-0.25, -0.2) is 13.1 Å². The van der Waals surface area contributed by atoms with Gasteiger partial charge in [0.05, 0.1) is 9.82 Å². The summed E-state index contributed by atoms with van der Waals surface area (Å²) in [6.07, 6.45) is 2.95. The van der Waals surface area contributed by atoms with Gasteiger partial charge < -0.3 is 4.90 Å². The van der Waals surface area contributed by atoms with Gasteiger partial charge in [0.25, 0.3) is 5.69 Å². The van der Waals surface area contributed by atoms with Crippen molar-refractivity contribution in [3.05, 3.63) is 34.4 Å². The van der Waals surface area contributed by atoms with E-state index in [0.29, 0.717) is 12.5 Å². The summed E-state index contributed by atoms with van der Waals surface area (Å²) in [6, 6.07) is 5.10. The van der Waals surface area contributed by atoms with Gasteiger partial charge in [-0.05, 0) is 51.4 Å². The number of likely N-dealkylation sites (tertiary alicyclic amines) is 1. The molecular formula is C14H21N3O4S. The normalized spacial score (nSPS) is 17.5. The van der Waals surface area contributed by atoms with Crippen LogP contribution in [-0.2, 0) is 10.0 Å². The number of benzene rings is 1.